The van der Waals surface area contributed by atoms with E-state index in [1.807, 2.05) is 0 Å². The van der Waals surface area contributed by atoms with Crippen LogP contribution in [-0.4, -0.2) is 31.6 Å². The minimum atomic E-state index is 0.0880. The first-order valence-electron chi connectivity index (χ1n) is 7.37. The molecule has 0 amide bonds. The normalized spacial score (nSPS) is 30.9. The zero-order valence-electron chi connectivity index (χ0n) is 11.1. The summed E-state index contributed by atoms with van der Waals surface area (Å²) < 4.78 is 10.9. The second kappa shape index (κ2) is 7.34. The molecule has 0 radical (unpaired) electrons. The van der Waals surface area contributed by atoms with Crippen LogP contribution >= 0.6 is 0 Å². The van der Waals surface area contributed by atoms with Crippen LogP contribution in [0.5, 0.6) is 0 Å². The summed E-state index contributed by atoms with van der Waals surface area (Å²) in [5.74, 6) is 0. The maximum absolute atomic E-state index is 5.46. The quantitative estimate of drug-likeness (QED) is 0.775. The second-order valence-electron chi connectivity index (χ2n) is 5.38. The fraction of sp³-hybridized carbons (Fsp3) is 1.00. The molecule has 2 heterocycles. The van der Waals surface area contributed by atoms with Gasteiger partial charge in [-0.25, -0.2) is 0 Å². The molecule has 0 aromatic rings. The molecule has 17 heavy (non-hydrogen) atoms. The van der Waals surface area contributed by atoms with Crippen molar-refractivity contribution >= 4 is 0 Å². The highest BCUT2D eigenvalue weighted by Gasteiger charge is 2.21. The van der Waals surface area contributed by atoms with Crippen LogP contribution < -0.4 is 5.32 Å². The lowest BCUT2D eigenvalue weighted by Crippen LogP contribution is -2.42. The van der Waals surface area contributed by atoms with E-state index < -0.39 is 0 Å². The molecule has 0 spiro atoms. The lowest BCUT2D eigenvalue weighted by atomic mass is 9.93. The average molecular weight is 241 g/mol. The molecule has 2 saturated heterocycles. The van der Waals surface area contributed by atoms with Gasteiger partial charge in [-0.15, -0.1) is 0 Å². The van der Waals surface area contributed by atoms with Gasteiger partial charge in [-0.2, -0.15) is 0 Å². The van der Waals surface area contributed by atoms with E-state index >= 15 is 0 Å². The first kappa shape index (κ1) is 13.3. The van der Waals surface area contributed by atoms with Crippen molar-refractivity contribution in [3.05, 3.63) is 0 Å². The van der Waals surface area contributed by atoms with E-state index in [0.29, 0.717) is 0 Å². The third-order valence-corrected chi connectivity index (χ3v) is 3.90. The molecule has 2 atom stereocenters. The van der Waals surface area contributed by atoms with Crippen molar-refractivity contribution in [1.29, 1.82) is 0 Å². The summed E-state index contributed by atoms with van der Waals surface area (Å²) in [7, 11) is 0. The van der Waals surface area contributed by atoms with Gasteiger partial charge in [0, 0.05) is 12.1 Å². The number of ether oxygens (including phenoxy) is 2. The Labute approximate surface area is 105 Å². The molecule has 1 N–H and O–H groups in total. The summed E-state index contributed by atoms with van der Waals surface area (Å²) in [6, 6.07) is 1.51. The molecule has 2 fully saturated rings. The van der Waals surface area contributed by atoms with Crippen molar-refractivity contribution in [3.8, 4) is 0 Å². The molecule has 0 unspecified atom stereocenters. The molecule has 0 bridgehead atoms. The second-order valence-corrected chi connectivity index (χ2v) is 5.38. The van der Waals surface area contributed by atoms with Gasteiger partial charge in [-0.1, -0.05) is 19.8 Å². The van der Waals surface area contributed by atoms with Gasteiger partial charge in [-0.05, 0) is 38.5 Å². The van der Waals surface area contributed by atoms with Crippen LogP contribution in [0.25, 0.3) is 0 Å². The minimum Gasteiger partial charge on any atom is -0.350 e. The lowest BCUT2D eigenvalue weighted by molar-refractivity contribution is -0.0484. The zero-order valence-corrected chi connectivity index (χ0v) is 11.1. The van der Waals surface area contributed by atoms with Crippen molar-refractivity contribution in [2.75, 3.05) is 13.2 Å². The predicted molar refractivity (Wildman–Crippen MR) is 69.0 cm³/mol. The number of hydrogen-bond donors (Lipinski definition) is 1. The monoisotopic (exact) mass is 241 g/mol. The first-order chi connectivity index (χ1) is 8.38. The van der Waals surface area contributed by atoms with Crippen LogP contribution in [0.1, 0.15) is 58.3 Å². The van der Waals surface area contributed by atoms with E-state index in [1.165, 1.54) is 44.9 Å². The number of rotatable bonds is 6. The predicted octanol–water partition coefficient (Wildman–Crippen LogP) is 2.84. The summed E-state index contributed by atoms with van der Waals surface area (Å²) in [5, 5.41) is 3.80. The highest BCUT2D eigenvalue weighted by atomic mass is 16.7. The van der Waals surface area contributed by atoms with Crippen LogP contribution in [0.3, 0.4) is 0 Å². The highest BCUT2D eigenvalue weighted by Crippen LogP contribution is 2.20. The zero-order chi connectivity index (χ0) is 11.9. The van der Waals surface area contributed by atoms with Crippen molar-refractivity contribution in [2.24, 2.45) is 0 Å². The Hall–Kier alpha value is -0.120. The van der Waals surface area contributed by atoms with E-state index in [4.69, 9.17) is 9.47 Å². The van der Waals surface area contributed by atoms with Gasteiger partial charge >= 0.3 is 0 Å². The molecular weight excluding hydrogens is 214 g/mol. The summed E-state index contributed by atoms with van der Waals surface area (Å²) in [6.45, 7) is 3.84. The molecule has 2 aliphatic heterocycles. The standard InChI is InChI=1S/C14H27NO2/c1-2-5-12-6-3-7-13(15-12)8-4-9-14-16-10-11-17-14/h12-15H,2-11H2,1H3/t12-,13-/m1/s1. The molecule has 0 aliphatic carbocycles. The van der Waals surface area contributed by atoms with Gasteiger partial charge in [0.15, 0.2) is 6.29 Å². The largest absolute Gasteiger partial charge is 0.350 e. The Morgan fingerprint density at radius 1 is 1.00 bits per heavy atom. The van der Waals surface area contributed by atoms with Crippen molar-refractivity contribution < 1.29 is 9.47 Å². The summed E-state index contributed by atoms with van der Waals surface area (Å²) in [5.41, 5.74) is 0. The fourth-order valence-corrected chi connectivity index (χ4v) is 3.02. The highest BCUT2D eigenvalue weighted by molar-refractivity contribution is 4.80. The van der Waals surface area contributed by atoms with Crippen LogP contribution in [0.15, 0.2) is 0 Å². The maximum atomic E-state index is 5.46. The summed E-state index contributed by atoms with van der Waals surface area (Å²) in [6.07, 6.45) is 10.4. The lowest BCUT2D eigenvalue weighted by Gasteiger charge is -2.31. The van der Waals surface area contributed by atoms with Gasteiger partial charge in [0.05, 0.1) is 13.2 Å². The Balaban J connectivity index is 1.58. The Bertz CT molecular complexity index is 202. The van der Waals surface area contributed by atoms with Gasteiger partial charge < -0.3 is 14.8 Å². The maximum Gasteiger partial charge on any atom is 0.157 e. The topological polar surface area (TPSA) is 30.5 Å². The molecule has 2 aliphatic rings. The van der Waals surface area contributed by atoms with E-state index in [-0.39, 0.29) is 6.29 Å². The molecule has 3 nitrogen and oxygen atoms in total. The Kier molecular flexibility index (Phi) is 5.75. The molecular formula is C14H27NO2. The van der Waals surface area contributed by atoms with Crippen molar-refractivity contribution in [3.63, 3.8) is 0 Å². The molecule has 0 aromatic heterocycles. The van der Waals surface area contributed by atoms with E-state index in [0.717, 1.165) is 31.7 Å². The molecule has 100 valence electrons. The van der Waals surface area contributed by atoms with E-state index in [9.17, 15) is 0 Å². The first-order valence-corrected chi connectivity index (χ1v) is 7.37. The van der Waals surface area contributed by atoms with Gasteiger partial charge in [0.25, 0.3) is 0 Å². The van der Waals surface area contributed by atoms with E-state index in [2.05, 4.69) is 12.2 Å². The van der Waals surface area contributed by atoms with Gasteiger partial charge in [0.1, 0.15) is 0 Å². The average Bonchev–Trinajstić information content (AvgIpc) is 2.83. The number of hydrogen-bond acceptors (Lipinski definition) is 3. The molecule has 0 saturated carbocycles. The molecule has 2 rings (SSSR count). The minimum absolute atomic E-state index is 0.0880. The third kappa shape index (κ3) is 4.57. The van der Waals surface area contributed by atoms with E-state index in [1.54, 1.807) is 0 Å². The molecule has 0 aromatic carbocycles. The molecule has 3 heteroatoms. The Morgan fingerprint density at radius 3 is 2.41 bits per heavy atom. The SMILES string of the molecule is CCC[C@@H]1CCC[C@H](CCCC2OCCO2)N1. The van der Waals surface area contributed by atoms with Crippen molar-refractivity contribution in [1.82, 2.24) is 5.32 Å². The van der Waals surface area contributed by atoms with Crippen LogP contribution in [0, 0.1) is 0 Å². The fourth-order valence-electron chi connectivity index (χ4n) is 3.02. The summed E-state index contributed by atoms with van der Waals surface area (Å²) in [4.78, 5) is 0. The number of nitrogens with one attached hydrogen (secondary N) is 1. The van der Waals surface area contributed by atoms with Crippen molar-refractivity contribution in [2.45, 2.75) is 76.7 Å². The smallest absolute Gasteiger partial charge is 0.157 e. The van der Waals surface area contributed by atoms with Crippen LogP contribution in [0.4, 0.5) is 0 Å². The third-order valence-electron chi connectivity index (χ3n) is 3.90. The van der Waals surface area contributed by atoms with Crippen LogP contribution in [-0.2, 0) is 9.47 Å². The Morgan fingerprint density at radius 2 is 1.71 bits per heavy atom. The van der Waals surface area contributed by atoms with Gasteiger partial charge in [-0.3, -0.25) is 0 Å². The van der Waals surface area contributed by atoms with Crippen LogP contribution in [0.2, 0.25) is 0 Å². The summed E-state index contributed by atoms with van der Waals surface area (Å²) >= 11 is 0. The number of piperidine rings is 1. The van der Waals surface area contributed by atoms with Gasteiger partial charge in [0.2, 0.25) is 0 Å².